The molecule has 1 atom stereocenters. The van der Waals surface area contributed by atoms with E-state index in [4.69, 9.17) is 0 Å². The highest BCUT2D eigenvalue weighted by atomic mass is 16.1. The Kier molecular flexibility index (Phi) is 11.1. The van der Waals surface area contributed by atoms with Crippen molar-refractivity contribution in [3.8, 4) is 0 Å². The number of hydrogen-bond acceptors (Lipinski definition) is 1. The van der Waals surface area contributed by atoms with Gasteiger partial charge in [0.05, 0.1) is 0 Å². The lowest BCUT2D eigenvalue weighted by Crippen LogP contribution is -1.88. The molecule has 1 nitrogen and oxygen atoms in total. The van der Waals surface area contributed by atoms with Crippen molar-refractivity contribution in [2.45, 2.75) is 33.6 Å². The zero-order chi connectivity index (χ0) is 9.28. The van der Waals surface area contributed by atoms with Gasteiger partial charge >= 0.3 is 0 Å². The molecular weight excluding hydrogens is 136 g/mol. The van der Waals surface area contributed by atoms with Gasteiger partial charge in [-0.25, -0.2) is 0 Å². The minimum atomic E-state index is 0.343. The average molecular weight is 155 g/mol. The van der Waals surface area contributed by atoms with Gasteiger partial charge in [-0.2, -0.15) is 0 Å². The third kappa shape index (κ3) is 17.7. The van der Waals surface area contributed by atoms with E-state index in [2.05, 4.69) is 13.5 Å². The highest BCUT2D eigenvalue weighted by molar-refractivity contribution is 5.77. The van der Waals surface area contributed by atoms with Gasteiger partial charge in [-0.15, -0.1) is 6.58 Å². The van der Waals surface area contributed by atoms with Crippen LogP contribution >= 0.6 is 0 Å². The van der Waals surface area contributed by atoms with Gasteiger partial charge in [0.2, 0.25) is 0 Å². The molecule has 0 saturated carbocycles. The summed E-state index contributed by atoms with van der Waals surface area (Å²) in [6, 6.07) is 0. The van der Waals surface area contributed by atoms with E-state index in [1.54, 1.807) is 6.08 Å². The Hall–Kier alpha value is -0.590. The summed E-state index contributed by atoms with van der Waals surface area (Å²) >= 11 is 0. The SMILES string of the molecule is CCC(=O)CC.[CH2]C(C)C=C. The van der Waals surface area contributed by atoms with Crippen LogP contribution in [0.3, 0.4) is 0 Å². The second-order valence-electron chi connectivity index (χ2n) is 2.46. The Morgan fingerprint density at radius 3 is 1.73 bits per heavy atom. The molecule has 0 bridgehead atoms. The fraction of sp³-hybridized carbons (Fsp3) is 0.600. The molecule has 0 spiro atoms. The summed E-state index contributed by atoms with van der Waals surface area (Å²) in [5.74, 6) is 0.741. The molecule has 0 rings (SSSR count). The van der Waals surface area contributed by atoms with Crippen LogP contribution in [0.4, 0.5) is 0 Å². The normalized spacial score (nSPS) is 8.45. The second-order valence-corrected chi connectivity index (χ2v) is 2.46. The van der Waals surface area contributed by atoms with E-state index in [9.17, 15) is 4.79 Å². The fourth-order valence-corrected chi connectivity index (χ4v) is 0.250. The molecule has 0 saturated heterocycles. The fourth-order valence-electron chi connectivity index (χ4n) is 0.250. The van der Waals surface area contributed by atoms with E-state index in [1.165, 1.54) is 0 Å². The van der Waals surface area contributed by atoms with Crippen molar-refractivity contribution >= 4 is 5.78 Å². The van der Waals surface area contributed by atoms with Gasteiger partial charge in [-0.3, -0.25) is 4.79 Å². The molecule has 1 heteroatoms. The second kappa shape index (κ2) is 9.41. The Balaban J connectivity index is 0. The standard InChI is InChI=1S/C5H10O.C5H9/c1-3-5(6)4-2;1-4-5(2)3/h3-4H2,1-2H3;4-5H,1-2H2,3H3. The van der Waals surface area contributed by atoms with Crippen molar-refractivity contribution < 1.29 is 4.79 Å². The van der Waals surface area contributed by atoms with Crippen LogP contribution in [0.2, 0.25) is 0 Å². The molecule has 0 aromatic rings. The molecule has 0 aliphatic carbocycles. The molecule has 0 N–H and O–H groups in total. The number of hydrogen-bond donors (Lipinski definition) is 0. The minimum absolute atomic E-state index is 0.343. The third-order valence-electron chi connectivity index (χ3n) is 1.19. The number of ketones is 1. The van der Waals surface area contributed by atoms with Gasteiger partial charge in [0.25, 0.3) is 0 Å². The maximum Gasteiger partial charge on any atom is 0.132 e. The number of carbonyl (C=O) groups is 1. The third-order valence-corrected chi connectivity index (χ3v) is 1.19. The van der Waals surface area contributed by atoms with E-state index in [0.29, 0.717) is 24.5 Å². The van der Waals surface area contributed by atoms with Crippen molar-refractivity contribution in [1.82, 2.24) is 0 Å². The van der Waals surface area contributed by atoms with Gasteiger partial charge in [0.15, 0.2) is 0 Å². The van der Waals surface area contributed by atoms with Gasteiger partial charge < -0.3 is 0 Å². The molecule has 0 aliphatic rings. The lowest BCUT2D eigenvalue weighted by molar-refractivity contribution is -0.118. The van der Waals surface area contributed by atoms with E-state index < -0.39 is 0 Å². The van der Waals surface area contributed by atoms with Crippen molar-refractivity contribution in [1.29, 1.82) is 0 Å². The molecule has 0 amide bonds. The first-order chi connectivity index (χ1) is 5.08. The first kappa shape index (κ1) is 13.0. The molecule has 0 fully saturated rings. The van der Waals surface area contributed by atoms with Crippen LogP contribution in [0.15, 0.2) is 12.7 Å². The van der Waals surface area contributed by atoms with Crippen LogP contribution in [0.5, 0.6) is 0 Å². The van der Waals surface area contributed by atoms with E-state index in [0.717, 1.165) is 0 Å². The smallest absolute Gasteiger partial charge is 0.132 e. The van der Waals surface area contributed by atoms with Crippen LogP contribution in [-0.2, 0) is 4.79 Å². The maximum atomic E-state index is 10.2. The summed E-state index contributed by atoms with van der Waals surface area (Å²) in [5, 5.41) is 0. The summed E-state index contributed by atoms with van der Waals surface area (Å²) in [7, 11) is 0. The number of Topliss-reactive ketones (excluding diaryl/α,β-unsaturated/α-hetero) is 1. The lowest BCUT2D eigenvalue weighted by atomic mass is 10.2. The highest BCUT2D eigenvalue weighted by Gasteiger charge is 1.86. The summed E-state index contributed by atoms with van der Waals surface area (Å²) < 4.78 is 0. The molecule has 65 valence electrons. The molecule has 0 aliphatic heterocycles. The predicted molar refractivity (Wildman–Crippen MR) is 50.3 cm³/mol. The Bertz CT molecular complexity index is 97.4. The molecule has 0 aromatic heterocycles. The van der Waals surface area contributed by atoms with Crippen LogP contribution in [0, 0.1) is 12.8 Å². The lowest BCUT2D eigenvalue weighted by Gasteiger charge is -1.83. The van der Waals surface area contributed by atoms with E-state index >= 15 is 0 Å². The molecule has 0 heterocycles. The largest absolute Gasteiger partial charge is 0.300 e. The minimum Gasteiger partial charge on any atom is -0.300 e. The number of rotatable bonds is 3. The molecule has 0 aromatic carbocycles. The molecule has 1 radical (unpaired) electrons. The monoisotopic (exact) mass is 155 g/mol. The number of carbonyl (C=O) groups excluding carboxylic acids is 1. The highest BCUT2D eigenvalue weighted by Crippen LogP contribution is 1.86. The summed E-state index contributed by atoms with van der Waals surface area (Å²) in [5.41, 5.74) is 0. The van der Waals surface area contributed by atoms with Crippen molar-refractivity contribution in [3.63, 3.8) is 0 Å². The summed E-state index contributed by atoms with van der Waals surface area (Å²) in [6.45, 7) is 12.9. The summed E-state index contributed by atoms with van der Waals surface area (Å²) in [4.78, 5) is 10.2. The van der Waals surface area contributed by atoms with Crippen LogP contribution in [0.1, 0.15) is 33.6 Å². The predicted octanol–water partition coefficient (Wildman–Crippen LogP) is 3.02. The number of allylic oxidation sites excluding steroid dienone is 1. The quantitative estimate of drug-likeness (QED) is 0.572. The van der Waals surface area contributed by atoms with Crippen molar-refractivity contribution in [3.05, 3.63) is 19.6 Å². The molecule has 1 unspecified atom stereocenters. The van der Waals surface area contributed by atoms with Gasteiger partial charge in [-0.05, 0) is 12.8 Å². The molecular formula is C10H19O. The summed E-state index contributed by atoms with van der Waals surface area (Å²) in [6.07, 6.45) is 3.19. The van der Waals surface area contributed by atoms with Crippen molar-refractivity contribution in [2.75, 3.05) is 0 Å². The average Bonchev–Trinajstić information content (AvgIpc) is 2.04. The zero-order valence-electron chi connectivity index (χ0n) is 7.89. The van der Waals surface area contributed by atoms with Crippen LogP contribution in [0.25, 0.3) is 0 Å². The van der Waals surface area contributed by atoms with Crippen LogP contribution in [-0.4, -0.2) is 5.78 Å². The van der Waals surface area contributed by atoms with Gasteiger partial charge in [0.1, 0.15) is 5.78 Å². The van der Waals surface area contributed by atoms with E-state index in [-0.39, 0.29) is 0 Å². The maximum absolute atomic E-state index is 10.2. The van der Waals surface area contributed by atoms with Gasteiger partial charge in [-0.1, -0.05) is 26.8 Å². The Morgan fingerprint density at radius 2 is 1.73 bits per heavy atom. The van der Waals surface area contributed by atoms with Crippen LogP contribution < -0.4 is 0 Å². The Morgan fingerprint density at radius 1 is 1.45 bits per heavy atom. The van der Waals surface area contributed by atoms with Gasteiger partial charge in [0, 0.05) is 12.8 Å². The first-order valence-electron chi connectivity index (χ1n) is 4.05. The zero-order valence-corrected chi connectivity index (χ0v) is 7.89. The molecule has 11 heavy (non-hydrogen) atoms. The Labute approximate surface area is 70.5 Å². The first-order valence-corrected chi connectivity index (χ1v) is 4.05. The van der Waals surface area contributed by atoms with E-state index in [1.807, 2.05) is 20.8 Å². The van der Waals surface area contributed by atoms with Crippen molar-refractivity contribution in [2.24, 2.45) is 5.92 Å². The topological polar surface area (TPSA) is 17.1 Å².